The van der Waals surface area contributed by atoms with Crippen LogP contribution in [0.5, 0.6) is 5.75 Å². The monoisotopic (exact) mass is 337 g/mol. The molecule has 2 aliphatic rings. The van der Waals surface area contributed by atoms with Gasteiger partial charge in [0.25, 0.3) is 0 Å². The third-order valence-corrected chi connectivity index (χ3v) is 5.22. The predicted molar refractivity (Wildman–Crippen MR) is 86.0 cm³/mol. The summed E-state index contributed by atoms with van der Waals surface area (Å²) in [4.78, 5) is 0. The third kappa shape index (κ3) is 3.04. The second-order valence-corrected chi connectivity index (χ2v) is 7.45. The molecule has 0 aliphatic heterocycles. The van der Waals surface area contributed by atoms with E-state index < -0.39 is 0 Å². The van der Waals surface area contributed by atoms with Crippen molar-refractivity contribution in [3.63, 3.8) is 0 Å². The molecule has 1 aromatic rings. The Morgan fingerprint density at radius 2 is 1.95 bits per heavy atom. The van der Waals surface area contributed by atoms with Crippen LogP contribution in [0, 0.1) is 12.8 Å². The minimum atomic E-state index is -0.203. The number of hydrogen-bond donors (Lipinski definition) is 1. The highest BCUT2D eigenvalue weighted by Crippen LogP contribution is 2.43. The van der Waals surface area contributed by atoms with Crippen LogP contribution < -0.4 is 10.5 Å². The van der Waals surface area contributed by atoms with Crippen LogP contribution in [0.3, 0.4) is 0 Å². The average Bonchev–Trinajstić information content (AvgIpc) is 3.22. The molecule has 1 aromatic carbocycles. The largest absolute Gasteiger partial charge is 0.492 e. The van der Waals surface area contributed by atoms with Crippen LogP contribution >= 0.6 is 15.9 Å². The lowest BCUT2D eigenvalue weighted by Crippen LogP contribution is -2.39. The highest BCUT2D eigenvalue weighted by atomic mass is 79.9. The van der Waals surface area contributed by atoms with Crippen molar-refractivity contribution in [3.05, 3.63) is 27.7 Å². The van der Waals surface area contributed by atoms with E-state index in [2.05, 4.69) is 35.0 Å². The zero-order valence-electron chi connectivity index (χ0n) is 12.3. The number of halogens is 1. The minimum absolute atomic E-state index is 0.203. The highest BCUT2D eigenvalue weighted by Gasteiger charge is 2.34. The first-order chi connectivity index (χ1) is 9.58. The Morgan fingerprint density at radius 1 is 1.25 bits per heavy atom. The second kappa shape index (κ2) is 5.69. The first-order valence-electron chi connectivity index (χ1n) is 7.81. The van der Waals surface area contributed by atoms with Crippen LogP contribution in [0.25, 0.3) is 0 Å². The molecule has 2 nitrogen and oxygen atoms in total. The fourth-order valence-electron chi connectivity index (χ4n) is 3.18. The molecule has 0 radical (unpaired) electrons. The van der Waals surface area contributed by atoms with Crippen LogP contribution in [-0.4, -0.2) is 6.61 Å². The quantitative estimate of drug-likeness (QED) is 0.866. The number of nitrogens with two attached hydrogens (primary N) is 1. The van der Waals surface area contributed by atoms with Crippen molar-refractivity contribution < 1.29 is 4.74 Å². The topological polar surface area (TPSA) is 35.2 Å². The first-order valence-corrected chi connectivity index (χ1v) is 8.60. The zero-order valence-corrected chi connectivity index (χ0v) is 13.8. The van der Waals surface area contributed by atoms with Gasteiger partial charge in [0.05, 0.1) is 11.1 Å². The molecule has 2 saturated carbocycles. The van der Waals surface area contributed by atoms with Crippen LogP contribution in [0.2, 0.25) is 0 Å². The molecule has 2 aliphatic carbocycles. The Kier molecular flexibility index (Phi) is 4.09. The van der Waals surface area contributed by atoms with Crippen molar-refractivity contribution >= 4 is 15.9 Å². The summed E-state index contributed by atoms with van der Waals surface area (Å²) in [7, 11) is 0. The van der Waals surface area contributed by atoms with Crippen molar-refractivity contribution in [2.45, 2.75) is 57.4 Å². The first kappa shape index (κ1) is 14.4. The molecule has 2 N–H and O–H groups in total. The van der Waals surface area contributed by atoms with E-state index in [1.807, 2.05) is 0 Å². The third-order valence-electron chi connectivity index (χ3n) is 4.63. The van der Waals surface area contributed by atoms with E-state index >= 15 is 0 Å². The fourth-order valence-corrected chi connectivity index (χ4v) is 3.87. The van der Waals surface area contributed by atoms with Crippen LogP contribution in [-0.2, 0) is 5.54 Å². The molecule has 20 heavy (non-hydrogen) atoms. The molecular weight excluding hydrogens is 314 g/mol. The summed E-state index contributed by atoms with van der Waals surface area (Å²) in [5.74, 6) is 1.75. The number of rotatable bonds is 4. The van der Waals surface area contributed by atoms with Crippen molar-refractivity contribution in [3.8, 4) is 5.75 Å². The van der Waals surface area contributed by atoms with E-state index in [-0.39, 0.29) is 5.54 Å². The van der Waals surface area contributed by atoms with E-state index in [1.165, 1.54) is 43.2 Å². The predicted octanol–water partition coefficient (Wildman–Crippen LogP) is 4.66. The second-order valence-electron chi connectivity index (χ2n) is 6.59. The maximum absolute atomic E-state index is 6.74. The highest BCUT2D eigenvalue weighted by molar-refractivity contribution is 9.10. The summed E-state index contributed by atoms with van der Waals surface area (Å²) >= 11 is 3.68. The summed E-state index contributed by atoms with van der Waals surface area (Å²) in [5.41, 5.74) is 9.00. The summed E-state index contributed by atoms with van der Waals surface area (Å²) in [6.45, 7) is 2.97. The summed E-state index contributed by atoms with van der Waals surface area (Å²) in [6.07, 6.45) is 8.53. The van der Waals surface area contributed by atoms with Crippen LogP contribution in [0.4, 0.5) is 0 Å². The van der Waals surface area contributed by atoms with Crippen molar-refractivity contribution in [2.24, 2.45) is 11.7 Å². The van der Waals surface area contributed by atoms with Crippen LogP contribution in [0.1, 0.15) is 56.1 Å². The van der Waals surface area contributed by atoms with E-state index in [9.17, 15) is 0 Å². The summed E-state index contributed by atoms with van der Waals surface area (Å²) < 4.78 is 7.20. The van der Waals surface area contributed by atoms with Gasteiger partial charge in [-0.3, -0.25) is 0 Å². The van der Waals surface area contributed by atoms with Gasteiger partial charge >= 0.3 is 0 Å². The number of benzene rings is 1. The van der Waals surface area contributed by atoms with Gasteiger partial charge in [0.1, 0.15) is 5.75 Å². The number of aryl methyl sites for hydroxylation is 1. The number of hydrogen-bond acceptors (Lipinski definition) is 2. The molecule has 0 amide bonds. The maximum Gasteiger partial charge on any atom is 0.138 e. The van der Waals surface area contributed by atoms with Gasteiger partial charge in [0, 0.05) is 11.1 Å². The minimum Gasteiger partial charge on any atom is -0.492 e. The Bertz CT molecular complexity index is 490. The molecule has 0 aromatic heterocycles. The Morgan fingerprint density at radius 3 is 2.60 bits per heavy atom. The summed E-state index contributed by atoms with van der Waals surface area (Å²) in [5, 5.41) is 0. The lowest BCUT2D eigenvalue weighted by Gasteiger charge is -2.35. The van der Waals surface area contributed by atoms with Crippen molar-refractivity contribution in [2.75, 3.05) is 6.61 Å². The standard InChI is InChI=1S/C17H24BrNO/c1-12-9-14(17(19)7-3-2-4-8-17)16(15(18)10-12)20-11-13-5-6-13/h9-10,13H,2-8,11,19H2,1H3. The SMILES string of the molecule is Cc1cc(Br)c(OCC2CC2)c(C2(N)CCCCC2)c1. The normalized spacial score (nSPS) is 21.8. The molecule has 0 atom stereocenters. The van der Waals surface area contributed by atoms with Gasteiger partial charge in [-0.05, 0) is 66.1 Å². The maximum atomic E-state index is 6.74. The van der Waals surface area contributed by atoms with E-state index in [0.29, 0.717) is 0 Å². The fraction of sp³-hybridized carbons (Fsp3) is 0.647. The van der Waals surface area contributed by atoms with E-state index in [4.69, 9.17) is 10.5 Å². The molecular formula is C17H24BrNO. The summed E-state index contributed by atoms with van der Waals surface area (Å²) in [6, 6.07) is 4.37. The molecule has 0 bridgehead atoms. The molecule has 0 spiro atoms. The van der Waals surface area contributed by atoms with Gasteiger partial charge in [-0.15, -0.1) is 0 Å². The van der Waals surface area contributed by atoms with Crippen LogP contribution in [0.15, 0.2) is 16.6 Å². The van der Waals surface area contributed by atoms with Gasteiger partial charge in [-0.1, -0.05) is 25.3 Å². The Hall–Kier alpha value is -0.540. The average molecular weight is 338 g/mol. The molecule has 3 heteroatoms. The number of ether oxygens (including phenoxy) is 1. The lowest BCUT2D eigenvalue weighted by atomic mass is 9.77. The molecule has 0 unspecified atom stereocenters. The molecule has 2 fully saturated rings. The smallest absolute Gasteiger partial charge is 0.138 e. The molecule has 0 heterocycles. The van der Waals surface area contributed by atoms with Gasteiger partial charge in [-0.25, -0.2) is 0 Å². The molecule has 0 saturated heterocycles. The molecule has 3 rings (SSSR count). The Labute approximate surface area is 130 Å². The lowest BCUT2D eigenvalue weighted by molar-refractivity contribution is 0.261. The van der Waals surface area contributed by atoms with Crippen molar-refractivity contribution in [1.29, 1.82) is 0 Å². The van der Waals surface area contributed by atoms with Gasteiger partial charge in [-0.2, -0.15) is 0 Å². The van der Waals surface area contributed by atoms with Crippen molar-refractivity contribution in [1.82, 2.24) is 0 Å². The van der Waals surface area contributed by atoms with E-state index in [0.717, 1.165) is 35.6 Å². The van der Waals surface area contributed by atoms with E-state index in [1.54, 1.807) is 0 Å². The van der Waals surface area contributed by atoms with Gasteiger partial charge < -0.3 is 10.5 Å². The van der Waals surface area contributed by atoms with Gasteiger partial charge in [0.15, 0.2) is 0 Å². The Balaban J connectivity index is 1.93. The van der Waals surface area contributed by atoms with Gasteiger partial charge in [0.2, 0.25) is 0 Å². The molecule has 110 valence electrons. The zero-order chi connectivity index (χ0) is 14.2.